The molecule has 20 heavy (non-hydrogen) atoms. The van der Waals surface area contributed by atoms with E-state index in [0.717, 1.165) is 30.7 Å². The maximum Gasteiger partial charge on any atom is 0.191 e. The number of hydrogen-bond acceptors (Lipinski definition) is 3. The smallest absolute Gasteiger partial charge is 0.191 e. The van der Waals surface area contributed by atoms with Crippen molar-refractivity contribution in [1.82, 2.24) is 5.43 Å². The predicted molar refractivity (Wildman–Crippen MR) is 87.3 cm³/mol. The van der Waals surface area contributed by atoms with E-state index in [-0.39, 0.29) is 0 Å². The number of rotatable bonds is 4. The predicted octanol–water partition coefficient (Wildman–Crippen LogP) is 3.32. The highest BCUT2D eigenvalue weighted by Crippen LogP contribution is 2.17. The highest BCUT2D eigenvalue weighted by atomic mass is 32.1. The van der Waals surface area contributed by atoms with E-state index >= 15 is 0 Å². The summed E-state index contributed by atoms with van der Waals surface area (Å²) in [5.41, 5.74) is 3.71. The average molecular weight is 289 g/mol. The molecule has 1 aromatic carbocycles. The Bertz CT molecular complexity index is 514. The van der Waals surface area contributed by atoms with Crippen molar-refractivity contribution < 1.29 is 4.74 Å². The van der Waals surface area contributed by atoms with Crippen molar-refractivity contribution in [2.45, 2.75) is 19.3 Å². The molecule has 0 bridgehead atoms. The van der Waals surface area contributed by atoms with Crippen LogP contribution in [0.1, 0.15) is 19.3 Å². The largest absolute Gasteiger partial charge is 0.497 e. The van der Waals surface area contributed by atoms with E-state index in [1.165, 1.54) is 0 Å². The second-order valence-corrected chi connectivity index (χ2v) is 5.03. The van der Waals surface area contributed by atoms with E-state index in [2.05, 4.69) is 28.0 Å². The number of nitrogens with one attached hydrogen (secondary N) is 2. The summed E-state index contributed by atoms with van der Waals surface area (Å²) in [6.45, 7) is 0. The van der Waals surface area contributed by atoms with Crippen LogP contribution in [-0.2, 0) is 0 Å². The van der Waals surface area contributed by atoms with E-state index in [4.69, 9.17) is 17.0 Å². The molecule has 0 amide bonds. The van der Waals surface area contributed by atoms with Crippen LogP contribution in [0.25, 0.3) is 0 Å². The lowest BCUT2D eigenvalue weighted by Crippen LogP contribution is -2.24. The Kier molecular flexibility index (Phi) is 5.55. The topological polar surface area (TPSA) is 45.6 Å². The molecule has 0 heterocycles. The molecule has 1 aromatic rings. The Morgan fingerprint density at radius 3 is 3.10 bits per heavy atom. The van der Waals surface area contributed by atoms with Crippen LogP contribution in [0.4, 0.5) is 5.69 Å². The summed E-state index contributed by atoms with van der Waals surface area (Å²) in [6.07, 6.45) is 9.69. The summed E-state index contributed by atoms with van der Waals surface area (Å²) in [5, 5.41) is 7.73. The van der Waals surface area contributed by atoms with E-state index in [1.807, 2.05) is 30.5 Å². The molecule has 4 nitrogen and oxygen atoms in total. The van der Waals surface area contributed by atoms with Crippen LogP contribution in [0.15, 0.2) is 41.5 Å². The minimum absolute atomic E-state index is 0.473. The number of hydrazone groups is 1. The third kappa shape index (κ3) is 4.66. The zero-order valence-electron chi connectivity index (χ0n) is 11.5. The number of hydrogen-bond donors (Lipinski definition) is 2. The van der Waals surface area contributed by atoms with Gasteiger partial charge >= 0.3 is 0 Å². The van der Waals surface area contributed by atoms with Gasteiger partial charge in [-0.25, -0.2) is 0 Å². The maximum absolute atomic E-state index is 5.19. The van der Waals surface area contributed by atoms with Gasteiger partial charge in [0.15, 0.2) is 5.11 Å². The molecule has 0 saturated heterocycles. The third-order valence-electron chi connectivity index (χ3n) is 3.09. The lowest BCUT2D eigenvalue weighted by Gasteiger charge is -2.12. The Morgan fingerprint density at radius 1 is 1.45 bits per heavy atom. The minimum atomic E-state index is 0.473. The molecule has 1 atom stereocenters. The number of allylic oxidation sites excluding steroid dienone is 2. The standard InChI is InChI=1S/C15H19N3OS/c1-19-14-9-5-8-13(10-14)17-15(20)18-16-11-12-6-3-2-4-7-12/h2-3,5,8-12H,4,6-7H2,1H3,(H2,17,18,20)/b16-11-/t12-/m0/s1. The van der Waals surface area contributed by atoms with Gasteiger partial charge in [0.05, 0.1) is 7.11 Å². The summed E-state index contributed by atoms with van der Waals surface area (Å²) in [4.78, 5) is 0. The minimum Gasteiger partial charge on any atom is -0.497 e. The zero-order valence-corrected chi connectivity index (χ0v) is 12.3. The third-order valence-corrected chi connectivity index (χ3v) is 3.28. The number of anilines is 1. The average Bonchev–Trinajstić information content (AvgIpc) is 2.48. The lowest BCUT2D eigenvalue weighted by molar-refractivity contribution is 0.415. The molecular formula is C15H19N3OS. The van der Waals surface area contributed by atoms with Crippen LogP contribution in [0.2, 0.25) is 0 Å². The molecule has 2 N–H and O–H groups in total. The van der Waals surface area contributed by atoms with Gasteiger partial charge in [0.2, 0.25) is 0 Å². The Labute approximate surface area is 124 Å². The Hall–Kier alpha value is -1.88. The Morgan fingerprint density at radius 2 is 2.35 bits per heavy atom. The van der Waals surface area contributed by atoms with E-state index in [0.29, 0.717) is 11.0 Å². The molecule has 0 saturated carbocycles. The monoisotopic (exact) mass is 289 g/mol. The number of nitrogens with zero attached hydrogens (tertiary/aromatic N) is 1. The number of ether oxygens (including phenoxy) is 1. The molecule has 0 aromatic heterocycles. The van der Waals surface area contributed by atoms with Crippen molar-refractivity contribution in [3.05, 3.63) is 36.4 Å². The molecule has 106 valence electrons. The van der Waals surface area contributed by atoms with Gasteiger partial charge in [-0.05, 0) is 49.5 Å². The fourth-order valence-electron chi connectivity index (χ4n) is 2.01. The molecule has 0 aliphatic heterocycles. The molecular weight excluding hydrogens is 270 g/mol. The van der Waals surface area contributed by atoms with Gasteiger partial charge in [0.25, 0.3) is 0 Å². The van der Waals surface area contributed by atoms with Crippen LogP contribution < -0.4 is 15.5 Å². The summed E-state index contributed by atoms with van der Waals surface area (Å²) in [5.74, 6) is 1.29. The normalized spacial score (nSPS) is 17.9. The first kappa shape index (κ1) is 14.5. The first-order chi connectivity index (χ1) is 9.78. The highest BCUT2D eigenvalue weighted by molar-refractivity contribution is 7.80. The summed E-state index contributed by atoms with van der Waals surface area (Å²) in [6, 6.07) is 7.59. The van der Waals surface area contributed by atoms with E-state index < -0.39 is 0 Å². The molecule has 2 rings (SSSR count). The second kappa shape index (κ2) is 7.65. The maximum atomic E-state index is 5.19. The molecule has 0 radical (unpaired) electrons. The lowest BCUT2D eigenvalue weighted by atomic mass is 9.96. The molecule has 0 fully saturated rings. The molecule has 0 spiro atoms. The molecule has 1 aliphatic carbocycles. The molecule has 5 heteroatoms. The quantitative estimate of drug-likeness (QED) is 0.386. The van der Waals surface area contributed by atoms with Crippen LogP contribution in [0.3, 0.4) is 0 Å². The van der Waals surface area contributed by atoms with Crippen molar-refractivity contribution in [1.29, 1.82) is 0 Å². The van der Waals surface area contributed by atoms with Crippen molar-refractivity contribution in [2.75, 3.05) is 12.4 Å². The van der Waals surface area contributed by atoms with Gasteiger partial charge in [-0.1, -0.05) is 18.2 Å². The number of benzene rings is 1. The van der Waals surface area contributed by atoms with Gasteiger partial charge in [-0.3, -0.25) is 5.43 Å². The number of methoxy groups -OCH3 is 1. The fourth-order valence-corrected chi connectivity index (χ4v) is 2.18. The SMILES string of the molecule is COc1cccc(NC(=S)N/N=C\[C@H]2CC=CCC2)c1. The second-order valence-electron chi connectivity index (χ2n) is 4.62. The summed E-state index contributed by atoms with van der Waals surface area (Å²) < 4.78 is 5.16. The van der Waals surface area contributed by atoms with Gasteiger partial charge in [-0.15, -0.1) is 0 Å². The van der Waals surface area contributed by atoms with Crippen molar-refractivity contribution in [2.24, 2.45) is 11.0 Å². The van der Waals surface area contributed by atoms with Crippen LogP contribution in [0.5, 0.6) is 5.75 Å². The van der Waals surface area contributed by atoms with Gasteiger partial charge in [0, 0.05) is 18.0 Å². The van der Waals surface area contributed by atoms with Gasteiger partial charge < -0.3 is 10.1 Å². The van der Waals surface area contributed by atoms with Gasteiger partial charge in [-0.2, -0.15) is 5.10 Å². The molecule has 1 aliphatic rings. The first-order valence-corrected chi connectivity index (χ1v) is 7.08. The van der Waals surface area contributed by atoms with Crippen LogP contribution >= 0.6 is 12.2 Å². The summed E-state index contributed by atoms with van der Waals surface area (Å²) in [7, 11) is 1.64. The van der Waals surface area contributed by atoms with E-state index in [1.54, 1.807) is 7.11 Å². The van der Waals surface area contributed by atoms with Crippen LogP contribution in [0, 0.1) is 5.92 Å². The highest BCUT2D eigenvalue weighted by Gasteiger charge is 2.06. The van der Waals surface area contributed by atoms with Gasteiger partial charge in [0.1, 0.15) is 5.75 Å². The molecule has 0 unspecified atom stereocenters. The number of thiocarbonyl (C=S) groups is 1. The first-order valence-electron chi connectivity index (χ1n) is 6.67. The summed E-state index contributed by atoms with van der Waals surface area (Å²) >= 11 is 5.19. The zero-order chi connectivity index (χ0) is 14.2. The van der Waals surface area contributed by atoms with E-state index in [9.17, 15) is 0 Å². The van der Waals surface area contributed by atoms with Crippen molar-refractivity contribution >= 4 is 29.2 Å². The fraction of sp³-hybridized carbons (Fsp3) is 0.333. The van der Waals surface area contributed by atoms with Crippen LogP contribution in [-0.4, -0.2) is 18.4 Å². The van der Waals surface area contributed by atoms with Crippen molar-refractivity contribution in [3.8, 4) is 5.75 Å². The van der Waals surface area contributed by atoms with Crippen molar-refractivity contribution in [3.63, 3.8) is 0 Å². The Balaban J connectivity index is 1.79.